The van der Waals surface area contributed by atoms with Crippen LogP contribution in [-0.2, 0) is 20.6 Å². The molecule has 0 amide bonds. The van der Waals surface area contributed by atoms with E-state index < -0.39 is 0 Å². The van der Waals surface area contributed by atoms with Gasteiger partial charge in [-0.3, -0.25) is 9.58 Å². The van der Waals surface area contributed by atoms with Gasteiger partial charge in [0.2, 0.25) is 0 Å². The van der Waals surface area contributed by atoms with Gasteiger partial charge < -0.3 is 9.47 Å². The van der Waals surface area contributed by atoms with E-state index in [4.69, 9.17) is 0 Å². The molecule has 2 aromatic heterocycles. The first-order chi connectivity index (χ1) is 11.1. The molecule has 0 saturated carbocycles. The van der Waals surface area contributed by atoms with Crippen molar-refractivity contribution in [2.24, 2.45) is 20.0 Å². The SMILES string of the molecule is CN(Cc1cnnn1C)C[C@@H]1CCCN(C)[C@H]1c1cncn1C. The molecule has 1 fully saturated rings. The smallest absolute Gasteiger partial charge is 0.0946 e. The molecule has 7 nitrogen and oxygen atoms in total. The Bertz CT molecular complexity index is 632. The minimum absolute atomic E-state index is 0.434. The third-order valence-electron chi connectivity index (χ3n) is 4.95. The van der Waals surface area contributed by atoms with Gasteiger partial charge in [-0.2, -0.15) is 0 Å². The summed E-state index contributed by atoms with van der Waals surface area (Å²) >= 11 is 0. The first kappa shape index (κ1) is 16.1. The van der Waals surface area contributed by atoms with Crippen molar-refractivity contribution in [1.82, 2.24) is 34.3 Å². The van der Waals surface area contributed by atoms with Crippen LogP contribution in [-0.4, -0.2) is 61.5 Å². The second-order valence-electron chi connectivity index (χ2n) is 6.80. The molecule has 1 aliphatic heterocycles. The molecule has 0 N–H and O–H groups in total. The summed E-state index contributed by atoms with van der Waals surface area (Å²) < 4.78 is 4.01. The zero-order valence-electron chi connectivity index (χ0n) is 14.6. The average Bonchev–Trinajstić information content (AvgIpc) is 3.09. The number of hydrogen-bond acceptors (Lipinski definition) is 5. The molecule has 3 rings (SSSR count). The number of piperidine rings is 1. The van der Waals surface area contributed by atoms with Gasteiger partial charge >= 0.3 is 0 Å². The van der Waals surface area contributed by atoms with E-state index in [-0.39, 0.29) is 0 Å². The number of hydrogen-bond donors (Lipinski definition) is 0. The van der Waals surface area contributed by atoms with Crippen LogP contribution in [0.2, 0.25) is 0 Å². The van der Waals surface area contributed by atoms with E-state index in [9.17, 15) is 0 Å². The lowest BCUT2D eigenvalue weighted by atomic mass is 9.87. The molecule has 0 spiro atoms. The molecular formula is C16H27N7. The Kier molecular flexibility index (Phi) is 4.77. The van der Waals surface area contributed by atoms with Crippen LogP contribution in [0.3, 0.4) is 0 Å². The number of imidazole rings is 1. The van der Waals surface area contributed by atoms with Crippen molar-refractivity contribution in [2.75, 3.05) is 27.2 Å². The summed E-state index contributed by atoms with van der Waals surface area (Å²) in [6.07, 6.45) is 8.29. The Balaban J connectivity index is 1.71. The molecule has 0 bridgehead atoms. The standard InChI is InChI=1S/C16H27N7/c1-20(11-14-8-18-19-23(14)4)10-13-6-5-7-21(2)16(13)15-9-17-12-22(15)3/h8-9,12-13,16H,5-7,10-11H2,1-4H3/t13-,16+/m0/s1. The summed E-state index contributed by atoms with van der Waals surface area (Å²) in [6.45, 7) is 3.09. The Hall–Kier alpha value is -1.73. The highest BCUT2D eigenvalue weighted by Crippen LogP contribution is 2.35. The number of likely N-dealkylation sites (tertiary alicyclic amines) is 1. The van der Waals surface area contributed by atoms with E-state index >= 15 is 0 Å². The number of aromatic nitrogens is 5. The molecule has 126 valence electrons. The molecule has 0 radical (unpaired) electrons. The van der Waals surface area contributed by atoms with Crippen LogP contribution >= 0.6 is 0 Å². The van der Waals surface area contributed by atoms with Gasteiger partial charge in [0.25, 0.3) is 0 Å². The van der Waals surface area contributed by atoms with E-state index in [1.807, 2.05) is 30.5 Å². The molecule has 0 unspecified atom stereocenters. The molecule has 2 aromatic rings. The summed E-state index contributed by atoms with van der Waals surface area (Å²) in [5, 5.41) is 7.98. The normalized spacial score (nSPS) is 22.8. The van der Waals surface area contributed by atoms with Gasteiger partial charge in [-0.1, -0.05) is 5.21 Å². The molecule has 7 heteroatoms. The lowest BCUT2D eigenvalue weighted by Crippen LogP contribution is -2.41. The minimum atomic E-state index is 0.434. The van der Waals surface area contributed by atoms with E-state index in [2.05, 4.69) is 50.8 Å². The molecule has 1 saturated heterocycles. The summed E-state index contributed by atoms with van der Waals surface area (Å²) in [4.78, 5) is 9.18. The lowest BCUT2D eigenvalue weighted by molar-refractivity contribution is 0.0874. The van der Waals surface area contributed by atoms with Gasteiger partial charge in [-0.15, -0.1) is 5.10 Å². The van der Waals surface area contributed by atoms with Crippen molar-refractivity contribution in [1.29, 1.82) is 0 Å². The third kappa shape index (κ3) is 3.45. The van der Waals surface area contributed by atoms with Crippen LogP contribution in [0.5, 0.6) is 0 Å². The van der Waals surface area contributed by atoms with Gasteiger partial charge in [-0.25, -0.2) is 4.98 Å². The summed E-state index contributed by atoms with van der Waals surface area (Å²) in [5.74, 6) is 0.607. The molecule has 3 heterocycles. The summed E-state index contributed by atoms with van der Waals surface area (Å²) in [7, 11) is 8.45. The van der Waals surface area contributed by atoms with E-state index in [1.54, 1.807) is 0 Å². The zero-order valence-corrected chi connectivity index (χ0v) is 14.6. The fourth-order valence-electron chi connectivity index (χ4n) is 3.77. The maximum Gasteiger partial charge on any atom is 0.0946 e. The van der Waals surface area contributed by atoms with Gasteiger partial charge in [0, 0.05) is 33.4 Å². The van der Waals surface area contributed by atoms with Crippen LogP contribution in [0.15, 0.2) is 18.7 Å². The van der Waals surface area contributed by atoms with Crippen molar-refractivity contribution < 1.29 is 0 Å². The van der Waals surface area contributed by atoms with Crippen molar-refractivity contribution in [2.45, 2.75) is 25.4 Å². The van der Waals surface area contributed by atoms with Crippen LogP contribution in [0.25, 0.3) is 0 Å². The van der Waals surface area contributed by atoms with Crippen LogP contribution < -0.4 is 0 Å². The van der Waals surface area contributed by atoms with Crippen molar-refractivity contribution in [3.05, 3.63) is 30.1 Å². The third-order valence-corrected chi connectivity index (χ3v) is 4.95. The Morgan fingerprint density at radius 1 is 1.26 bits per heavy atom. The zero-order chi connectivity index (χ0) is 16.4. The fourth-order valence-corrected chi connectivity index (χ4v) is 3.77. The van der Waals surface area contributed by atoms with Crippen molar-refractivity contribution >= 4 is 0 Å². The molecule has 0 aromatic carbocycles. The largest absolute Gasteiger partial charge is 0.336 e. The highest BCUT2D eigenvalue weighted by atomic mass is 15.4. The number of nitrogens with zero attached hydrogens (tertiary/aromatic N) is 7. The predicted octanol–water partition coefficient (Wildman–Crippen LogP) is 1.06. The first-order valence-corrected chi connectivity index (χ1v) is 8.25. The lowest BCUT2D eigenvalue weighted by Gasteiger charge is -2.40. The van der Waals surface area contributed by atoms with Gasteiger partial charge in [0.05, 0.1) is 30.0 Å². The second-order valence-corrected chi connectivity index (χ2v) is 6.80. The molecule has 23 heavy (non-hydrogen) atoms. The maximum atomic E-state index is 4.32. The van der Waals surface area contributed by atoms with Crippen LogP contribution in [0.4, 0.5) is 0 Å². The minimum Gasteiger partial charge on any atom is -0.336 e. The summed E-state index contributed by atoms with van der Waals surface area (Å²) in [6, 6.07) is 0.434. The van der Waals surface area contributed by atoms with Crippen molar-refractivity contribution in [3.8, 4) is 0 Å². The quantitative estimate of drug-likeness (QED) is 0.825. The first-order valence-electron chi connectivity index (χ1n) is 8.25. The Morgan fingerprint density at radius 3 is 2.74 bits per heavy atom. The molecule has 0 aliphatic carbocycles. The van der Waals surface area contributed by atoms with Gasteiger partial charge in [-0.05, 0) is 39.4 Å². The topological polar surface area (TPSA) is 55.0 Å². The van der Waals surface area contributed by atoms with Crippen LogP contribution in [0.1, 0.15) is 30.3 Å². The average molecular weight is 317 g/mol. The maximum absolute atomic E-state index is 4.32. The number of aryl methyl sites for hydroxylation is 2. The highest BCUT2D eigenvalue weighted by molar-refractivity contribution is 5.09. The van der Waals surface area contributed by atoms with Crippen LogP contribution in [0, 0.1) is 5.92 Å². The second kappa shape index (κ2) is 6.80. The van der Waals surface area contributed by atoms with E-state index in [1.165, 1.54) is 18.5 Å². The highest BCUT2D eigenvalue weighted by Gasteiger charge is 2.32. The molecular weight excluding hydrogens is 290 g/mol. The monoisotopic (exact) mass is 317 g/mol. The Morgan fingerprint density at radius 2 is 2.09 bits per heavy atom. The van der Waals surface area contributed by atoms with Crippen molar-refractivity contribution in [3.63, 3.8) is 0 Å². The van der Waals surface area contributed by atoms with Gasteiger partial charge in [0.15, 0.2) is 0 Å². The Labute approximate surface area is 137 Å². The fraction of sp³-hybridized carbons (Fsp3) is 0.688. The molecule has 2 atom stereocenters. The van der Waals surface area contributed by atoms with Gasteiger partial charge in [0.1, 0.15) is 0 Å². The molecule has 1 aliphatic rings. The van der Waals surface area contributed by atoms with E-state index in [0.717, 1.165) is 25.3 Å². The van der Waals surface area contributed by atoms with E-state index in [0.29, 0.717) is 12.0 Å². The summed E-state index contributed by atoms with van der Waals surface area (Å²) in [5.41, 5.74) is 2.46. The number of rotatable bonds is 5. The predicted molar refractivity (Wildman–Crippen MR) is 88.6 cm³/mol.